The van der Waals surface area contributed by atoms with Crippen molar-refractivity contribution in [3.05, 3.63) is 54.6 Å². The van der Waals surface area contributed by atoms with Crippen LogP contribution in [0.3, 0.4) is 0 Å². The number of rotatable bonds is 3. The van der Waals surface area contributed by atoms with Crippen molar-refractivity contribution < 1.29 is 4.79 Å². The predicted molar refractivity (Wildman–Crippen MR) is 94.5 cm³/mol. The van der Waals surface area contributed by atoms with E-state index in [1.807, 2.05) is 59.5 Å². The number of para-hydroxylation sites is 1. The van der Waals surface area contributed by atoms with E-state index in [-0.39, 0.29) is 11.9 Å². The normalized spacial score (nSPS) is 17.3. The number of primary amides is 1. The van der Waals surface area contributed by atoms with E-state index in [1.54, 1.807) is 0 Å². The van der Waals surface area contributed by atoms with Crippen LogP contribution in [0.15, 0.2) is 54.6 Å². The van der Waals surface area contributed by atoms with Crippen molar-refractivity contribution in [2.24, 2.45) is 5.73 Å². The Bertz CT molecular complexity index is 894. The molecule has 0 unspecified atom stereocenters. The van der Waals surface area contributed by atoms with E-state index in [2.05, 4.69) is 0 Å². The first-order chi connectivity index (χ1) is 11.7. The van der Waals surface area contributed by atoms with E-state index >= 15 is 0 Å². The minimum Gasteiger partial charge on any atom is -0.368 e. The summed E-state index contributed by atoms with van der Waals surface area (Å²) in [5.41, 5.74) is 7.42. The standard InChI is InChI=1S/C19H18N4O/c20-17(24)16-11-6-12-23(16)19-14-9-4-5-10-15(14)21-18(22-19)13-7-2-1-3-8-13/h1-5,7-10,16H,6,11-12H2,(H2,20,24)/t16-/m1/s1. The lowest BCUT2D eigenvalue weighted by Gasteiger charge is -2.25. The lowest BCUT2D eigenvalue weighted by molar-refractivity contribution is -0.119. The fourth-order valence-electron chi connectivity index (χ4n) is 3.31. The largest absolute Gasteiger partial charge is 0.368 e. The molecule has 4 rings (SSSR count). The predicted octanol–water partition coefficient (Wildman–Crippen LogP) is 2.75. The summed E-state index contributed by atoms with van der Waals surface area (Å²) in [6, 6.07) is 17.5. The van der Waals surface area contributed by atoms with E-state index in [4.69, 9.17) is 15.7 Å². The average Bonchev–Trinajstić information content (AvgIpc) is 3.11. The number of carbonyl (C=O) groups excluding carboxylic acids is 1. The molecule has 0 saturated carbocycles. The highest BCUT2D eigenvalue weighted by Gasteiger charge is 2.31. The molecular formula is C19H18N4O. The molecule has 1 aromatic heterocycles. The molecule has 2 aromatic carbocycles. The van der Waals surface area contributed by atoms with Gasteiger partial charge >= 0.3 is 0 Å². The average molecular weight is 318 g/mol. The fourth-order valence-corrected chi connectivity index (χ4v) is 3.31. The van der Waals surface area contributed by atoms with Gasteiger partial charge in [0, 0.05) is 17.5 Å². The number of nitrogens with two attached hydrogens (primary N) is 1. The Morgan fingerprint density at radius 1 is 1.04 bits per heavy atom. The lowest BCUT2D eigenvalue weighted by atomic mass is 10.1. The van der Waals surface area contributed by atoms with Gasteiger partial charge in [-0.3, -0.25) is 4.79 Å². The number of hydrogen-bond acceptors (Lipinski definition) is 4. The van der Waals surface area contributed by atoms with Crippen molar-refractivity contribution in [1.82, 2.24) is 9.97 Å². The van der Waals surface area contributed by atoms with Crippen molar-refractivity contribution in [1.29, 1.82) is 0 Å². The molecular weight excluding hydrogens is 300 g/mol. The van der Waals surface area contributed by atoms with Crippen LogP contribution >= 0.6 is 0 Å². The Morgan fingerprint density at radius 3 is 2.58 bits per heavy atom. The molecule has 0 aliphatic carbocycles. The number of aromatic nitrogens is 2. The van der Waals surface area contributed by atoms with E-state index < -0.39 is 0 Å². The molecule has 2 heterocycles. The Labute approximate surface area is 140 Å². The zero-order valence-corrected chi connectivity index (χ0v) is 13.2. The molecule has 0 spiro atoms. The minimum absolute atomic E-state index is 0.295. The van der Waals surface area contributed by atoms with Crippen molar-refractivity contribution in [2.45, 2.75) is 18.9 Å². The summed E-state index contributed by atoms with van der Waals surface area (Å²) in [5.74, 6) is 1.16. The highest BCUT2D eigenvalue weighted by molar-refractivity contribution is 5.94. The number of amides is 1. The molecule has 24 heavy (non-hydrogen) atoms. The lowest BCUT2D eigenvalue weighted by Crippen LogP contribution is -2.40. The summed E-state index contributed by atoms with van der Waals surface area (Å²) < 4.78 is 0. The Morgan fingerprint density at radius 2 is 1.79 bits per heavy atom. The highest BCUT2D eigenvalue weighted by atomic mass is 16.1. The van der Waals surface area contributed by atoms with Gasteiger partial charge < -0.3 is 10.6 Å². The van der Waals surface area contributed by atoms with Gasteiger partial charge in [-0.25, -0.2) is 9.97 Å². The molecule has 1 amide bonds. The molecule has 3 aromatic rings. The summed E-state index contributed by atoms with van der Waals surface area (Å²) in [5, 5.41) is 0.949. The van der Waals surface area contributed by atoms with Crippen LogP contribution in [0.2, 0.25) is 0 Å². The first kappa shape index (κ1) is 14.6. The van der Waals surface area contributed by atoms with E-state index in [1.165, 1.54) is 0 Å². The Kier molecular flexibility index (Phi) is 3.61. The van der Waals surface area contributed by atoms with Crippen molar-refractivity contribution in [3.8, 4) is 11.4 Å². The van der Waals surface area contributed by atoms with E-state index in [9.17, 15) is 4.79 Å². The zero-order valence-electron chi connectivity index (χ0n) is 13.2. The van der Waals surface area contributed by atoms with Gasteiger partial charge in [-0.1, -0.05) is 42.5 Å². The number of fused-ring (bicyclic) bond motifs is 1. The van der Waals surface area contributed by atoms with Gasteiger partial charge in [0.1, 0.15) is 11.9 Å². The van der Waals surface area contributed by atoms with Crippen LogP contribution in [0.1, 0.15) is 12.8 Å². The van der Waals surface area contributed by atoms with E-state index in [0.717, 1.165) is 41.7 Å². The molecule has 120 valence electrons. The minimum atomic E-state index is -0.299. The summed E-state index contributed by atoms with van der Waals surface area (Å²) in [7, 11) is 0. The SMILES string of the molecule is NC(=O)[C@H]1CCCN1c1nc(-c2ccccc2)nc2ccccc12. The van der Waals surface area contributed by atoms with Gasteiger partial charge in [0.15, 0.2) is 5.82 Å². The van der Waals surface area contributed by atoms with Gasteiger partial charge in [0.2, 0.25) is 5.91 Å². The second-order valence-electron chi connectivity index (χ2n) is 6.01. The second-order valence-corrected chi connectivity index (χ2v) is 6.01. The fraction of sp³-hybridized carbons (Fsp3) is 0.211. The molecule has 0 bridgehead atoms. The maximum Gasteiger partial charge on any atom is 0.240 e. The maximum atomic E-state index is 11.8. The number of anilines is 1. The Balaban J connectivity index is 1.92. The van der Waals surface area contributed by atoms with Crippen LogP contribution < -0.4 is 10.6 Å². The third-order valence-corrected chi connectivity index (χ3v) is 4.47. The number of benzene rings is 2. The Hall–Kier alpha value is -2.95. The first-order valence-corrected chi connectivity index (χ1v) is 8.12. The number of hydrogen-bond donors (Lipinski definition) is 1. The van der Waals surface area contributed by atoms with Crippen LogP contribution in [-0.2, 0) is 4.79 Å². The number of nitrogens with zero attached hydrogens (tertiary/aromatic N) is 3. The molecule has 5 heteroatoms. The molecule has 1 aliphatic heterocycles. The number of carbonyl (C=O) groups is 1. The molecule has 5 nitrogen and oxygen atoms in total. The van der Waals surface area contributed by atoms with Crippen LogP contribution in [0.4, 0.5) is 5.82 Å². The van der Waals surface area contributed by atoms with Gasteiger partial charge in [-0.2, -0.15) is 0 Å². The van der Waals surface area contributed by atoms with Crippen molar-refractivity contribution in [3.63, 3.8) is 0 Å². The molecule has 0 radical (unpaired) electrons. The zero-order chi connectivity index (χ0) is 16.5. The molecule has 1 atom stereocenters. The van der Waals surface area contributed by atoms with E-state index in [0.29, 0.717) is 5.82 Å². The quantitative estimate of drug-likeness (QED) is 0.806. The maximum absolute atomic E-state index is 11.8. The van der Waals surface area contributed by atoms with Crippen LogP contribution in [-0.4, -0.2) is 28.5 Å². The second kappa shape index (κ2) is 5.92. The third kappa shape index (κ3) is 2.48. The van der Waals surface area contributed by atoms with Gasteiger partial charge in [0.05, 0.1) is 5.52 Å². The van der Waals surface area contributed by atoms with Crippen LogP contribution in [0.5, 0.6) is 0 Å². The first-order valence-electron chi connectivity index (χ1n) is 8.12. The summed E-state index contributed by atoms with van der Waals surface area (Å²) in [6.07, 6.45) is 1.71. The summed E-state index contributed by atoms with van der Waals surface area (Å²) in [4.78, 5) is 23.3. The van der Waals surface area contributed by atoms with Crippen molar-refractivity contribution in [2.75, 3.05) is 11.4 Å². The highest BCUT2D eigenvalue weighted by Crippen LogP contribution is 2.32. The molecule has 2 N–H and O–H groups in total. The monoisotopic (exact) mass is 318 g/mol. The third-order valence-electron chi connectivity index (χ3n) is 4.47. The van der Waals surface area contributed by atoms with Gasteiger partial charge in [0.25, 0.3) is 0 Å². The van der Waals surface area contributed by atoms with Gasteiger partial charge in [-0.15, -0.1) is 0 Å². The van der Waals surface area contributed by atoms with Crippen molar-refractivity contribution >= 4 is 22.6 Å². The molecule has 1 saturated heterocycles. The molecule has 1 aliphatic rings. The summed E-state index contributed by atoms with van der Waals surface area (Å²) in [6.45, 7) is 0.781. The molecule has 1 fully saturated rings. The summed E-state index contributed by atoms with van der Waals surface area (Å²) >= 11 is 0. The topological polar surface area (TPSA) is 72.1 Å². The van der Waals surface area contributed by atoms with Crippen LogP contribution in [0, 0.1) is 0 Å². The smallest absolute Gasteiger partial charge is 0.240 e. The van der Waals surface area contributed by atoms with Gasteiger partial charge in [-0.05, 0) is 25.0 Å². The van der Waals surface area contributed by atoms with Crippen LogP contribution in [0.25, 0.3) is 22.3 Å².